The summed E-state index contributed by atoms with van der Waals surface area (Å²) in [6.45, 7) is 4.20. The van der Waals surface area contributed by atoms with E-state index in [2.05, 4.69) is 34.8 Å². The van der Waals surface area contributed by atoms with E-state index in [9.17, 15) is 0 Å². The number of rotatable bonds is 2. The first-order valence-corrected chi connectivity index (χ1v) is 7.19. The van der Waals surface area contributed by atoms with Gasteiger partial charge in [0.2, 0.25) is 0 Å². The van der Waals surface area contributed by atoms with Gasteiger partial charge in [-0.1, -0.05) is 47.4 Å². The maximum absolute atomic E-state index is 6.20. The minimum atomic E-state index is 0.380. The molecule has 0 saturated heterocycles. The van der Waals surface area contributed by atoms with E-state index in [0.717, 1.165) is 25.7 Å². The van der Waals surface area contributed by atoms with E-state index in [1.165, 1.54) is 11.3 Å². The predicted octanol–water partition coefficient (Wildman–Crippen LogP) is 4.93. The van der Waals surface area contributed by atoms with Gasteiger partial charge in [0.05, 0.1) is 10.0 Å². The minimum absolute atomic E-state index is 0.380. The van der Waals surface area contributed by atoms with Gasteiger partial charge in [-0.05, 0) is 12.1 Å². The number of aromatic nitrogens is 1. The molecule has 0 aliphatic rings. The minimum Gasteiger partial charge on any atom is -0.389 e. The second-order valence-electron chi connectivity index (χ2n) is 4.04. The topological polar surface area (TPSA) is 38.9 Å². The Morgan fingerprint density at radius 2 is 2.12 bits per heavy atom. The fraction of sp³-hybridized carbons (Fsp3) is 0.250. The normalized spacial score (nSPS) is 11.1. The average molecular weight is 332 g/mol. The van der Waals surface area contributed by atoms with Crippen LogP contribution in [0.2, 0.25) is 5.02 Å². The molecule has 0 amide bonds. The van der Waals surface area contributed by atoms with Crippen molar-refractivity contribution in [3.8, 4) is 11.3 Å². The van der Waals surface area contributed by atoms with Crippen molar-refractivity contribution >= 4 is 43.9 Å². The first-order valence-electron chi connectivity index (χ1n) is 5.20. The molecular formula is C12H12BrClN2S. The molecule has 0 aliphatic heterocycles. The Morgan fingerprint density at radius 3 is 2.65 bits per heavy atom. The molecule has 2 aromatic rings. The molecule has 0 radical (unpaired) electrons. The van der Waals surface area contributed by atoms with Crippen LogP contribution in [0.5, 0.6) is 0 Å². The van der Waals surface area contributed by atoms with Crippen LogP contribution in [-0.4, -0.2) is 4.98 Å². The zero-order valence-corrected chi connectivity index (χ0v) is 12.7. The first-order chi connectivity index (χ1) is 7.99. The Morgan fingerprint density at radius 1 is 1.41 bits per heavy atom. The van der Waals surface area contributed by atoms with Crippen molar-refractivity contribution < 1.29 is 0 Å². The Bertz CT molecular complexity index is 551. The molecule has 0 atom stereocenters. The van der Waals surface area contributed by atoms with Gasteiger partial charge in [-0.3, -0.25) is 0 Å². The molecule has 1 aromatic heterocycles. The Balaban J connectivity index is 2.52. The van der Waals surface area contributed by atoms with Gasteiger partial charge in [0, 0.05) is 16.0 Å². The zero-order valence-electron chi connectivity index (χ0n) is 9.50. The fourth-order valence-corrected chi connectivity index (χ4v) is 3.08. The van der Waals surface area contributed by atoms with Gasteiger partial charge in [0.1, 0.15) is 10.7 Å². The number of anilines is 1. The maximum atomic E-state index is 6.20. The molecule has 0 spiro atoms. The van der Waals surface area contributed by atoms with Crippen LogP contribution >= 0.6 is 38.9 Å². The molecule has 0 bridgehead atoms. The third kappa shape index (κ3) is 2.64. The molecule has 2 rings (SSSR count). The lowest BCUT2D eigenvalue weighted by Crippen LogP contribution is -1.88. The highest BCUT2D eigenvalue weighted by molar-refractivity contribution is 9.10. The van der Waals surface area contributed by atoms with Crippen LogP contribution < -0.4 is 5.73 Å². The lowest BCUT2D eigenvalue weighted by Gasteiger charge is -2.02. The number of nitrogen functional groups attached to an aromatic ring is 1. The van der Waals surface area contributed by atoms with E-state index in [1.807, 2.05) is 18.2 Å². The van der Waals surface area contributed by atoms with Crippen LogP contribution in [0.15, 0.2) is 22.7 Å². The number of hydrogen-bond donors (Lipinski definition) is 1. The molecule has 1 heterocycles. The molecule has 0 saturated carbocycles. The number of hydrogen-bond acceptors (Lipinski definition) is 3. The zero-order chi connectivity index (χ0) is 12.6. The second-order valence-corrected chi connectivity index (χ2v) is 6.43. The van der Waals surface area contributed by atoms with E-state index >= 15 is 0 Å². The molecule has 0 unspecified atom stereocenters. The van der Waals surface area contributed by atoms with E-state index in [0.29, 0.717) is 10.9 Å². The van der Waals surface area contributed by atoms with Crippen LogP contribution in [0.3, 0.4) is 0 Å². The van der Waals surface area contributed by atoms with Crippen molar-refractivity contribution in [2.75, 3.05) is 5.73 Å². The van der Waals surface area contributed by atoms with Gasteiger partial charge in [-0.25, -0.2) is 4.98 Å². The lowest BCUT2D eigenvalue weighted by molar-refractivity contribution is 0.854. The summed E-state index contributed by atoms with van der Waals surface area (Å²) < 4.78 is 0.948. The van der Waals surface area contributed by atoms with Gasteiger partial charge in [-0.2, -0.15) is 0 Å². The smallest absolute Gasteiger partial charge is 0.114 e. The van der Waals surface area contributed by atoms with E-state index in [-0.39, 0.29) is 0 Å². The van der Waals surface area contributed by atoms with E-state index < -0.39 is 0 Å². The monoisotopic (exact) mass is 330 g/mol. The summed E-state index contributed by atoms with van der Waals surface area (Å²) in [6.07, 6.45) is 0. The predicted molar refractivity (Wildman–Crippen MR) is 78.8 cm³/mol. The van der Waals surface area contributed by atoms with Gasteiger partial charge in [-0.15, -0.1) is 11.3 Å². The first kappa shape index (κ1) is 12.9. The van der Waals surface area contributed by atoms with Crippen LogP contribution in [-0.2, 0) is 0 Å². The van der Waals surface area contributed by atoms with Crippen molar-refractivity contribution in [3.63, 3.8) is 0 Å². The summed E-state index contributed by atoms with van der Waals surface area (Å²) in [6, 6.07) is 5.72. The summed E-state index contributed by atoms with van der Waals surface area (Å²) in [5, 5.41) is 2.42. The molecule has 0 aliphatic carbocycles. The summed E-state index contributed by atoms with van der Waals surface area (Å²) in [4.78, 5) is 4.56. The number of benzene rings is 1. The van der Waals surface area contributed by atoms with Gasteiger partial charge in [0.15, 0.2) is 0 Å². The standard InChI is InChI=1S/C12H12BrClN2S/c1-6(2)12-16-10(11(15)17-12)8-4-3-7(13)5-9(8)14/h3-6H,15H2,1-2H3. The molecule has 90 valence electrons. The molecule has 0 fully saturated rings. The highest BCUT2D eigenvalue weighted by Crippen LogP contribution is 2.37. The third-order valence-electron chi connectivity index (χ3n) is 2.35. The molecule has 5 heteroatoms. The van der Waals surface area contributed by atoms with Crippen molar-refractivity contribution in [1.29, 1.82) is 0 Å². The number of nitrogens with zero attached hydrogens (tertiary/aromatic N) is 1. The van der Waals surface area contributed by atoms with Crippen LogP contribution in [0, 0.1) is 0 Å². The van der Waals surface area contributed by atoms with E-state index in [4.69, 9.17) is 17.3 Å². The van der Waals surface area contributed by atoms with E-state index in [1.54, 1.807) is 0 Å². The van der Waals surface area contributed by atoms with Gasteiger partial charge >= 0.3 is 0 Å². The number of thiazole rings is 1. The van der Waals surface area contributed by atoms with Crippen molar-refractivity contribution in [1.82, 2.24) is 4.98 Å². The average Bonchev–Trinajstić information content (AvgIpc) is 2.61. The Labute approximate surface area is 118 Å². The Hall–Kier alpha value is -0.580. The molecule has 2 N–H and O–H groups in total. The highest BCUT2D eigenvalue weighted by Gasteiger charge is 2.15. The molecule has 1 aromatic carbocycles. The van der Waals surface area contributed by atoms with Crippen LogP contribution in [0.1, 0.15) is 24.8 Å². The SMILES string of the molecule is CC(C)c1nc(-c2ccc(Br)cc2Cl)c(N)s1. The fourth-order valence-electron chi connectivity index (χ4n) is 1.47. The summed E-state index contributed by atoms with van der Waals surface area (Å²) in [5.41, 5.74) is 7.68. The third-order valence-corrected chi connectivity index (χ3v) is 4.34. The van der Waals surface area contributed by atoms with Crippen molar-refractivity contribution in [3.05, 3.63) is 32.7 Å². The lowest BCUT2D eigenvalue weighted by atomic mass is 10.1. The maximum Gasteiger partial charge on any atom is 0.114 e. The number of halogens is 2. The van der Waals surface area contributed by atoms with Crippen molar-refractivity contribution in [2.45, 2.75) is 19.8 Å². The largest absolute Gasteiger partial charge is 0.389 e. The molecular weight excluding hydrogens is 320 g/mol. The summed E-state index contributed by atoms with van der Waals surface area (Å²) in [7, 11) is 0. The van der Waals surface area contributed by atoms with Crippen LogP contribution in [0.4, 0.5) is 5.00 Å². The van der Waals surface area contributed by atoms with Crippen molar-refractivity contribution in [2.24, 2.45) is 0 Å². The molecule has 2 nitrogen and oxygen atoms in total. The highest BCUT2D eigenvalue weighted by atomic mass is 79.9. The molecule has 17 heavy (non-hydrogen) atoms. The number of nitrogens with two attached hydrogens (primary N) is 1. The second kappa shape index (κ2) is 4.96. The quantitative estimate of drug-likeness (QED) is 0.847. The summed E-state index contributed by atoms with van der Waals surface area (Å²) >= 11 is 11.1. The van der Waals surface area contributed by atoms with Gasteiger partial charge in [0.25, 0.3) is 0 Å². The summed E-state index contributed by atoms with van der Waals surface area (Å²) in [5.74, 6) is 0.380. The van der Waals surface area contributed by atoms with Gasteiger partial charge < -0.3 is 5.73 Å². The Kier molecular flexibility index (Phi) is 3.76. The van der Waals surface area contributed by atoms with Crippen LogP contribution in [0.25, 0.3) is 11.3 Å².